The van der Waals surface area contributed by atoms with E-state index in [1.807, 2.05) is 11.6 Å². The number of aliphatic hydroxyl groups is 1. The van der Waals surface area contributed by atoms with E-state index in [9.17, 15) is 18.3 Å². The SMILES string of the molecule is Cc1ccc(S(=O)(=O)NC(C(=O)NO)C(C)O)cc1. The molecule has 0 spiro atoms. The van der Waals surface area contributed by atoms with Crippen molar-refractivity contribution in [3.63, 3.8) is 0 Å². The molecule has 0 saturated heterocycles. The first-order valence-electron chi connectivity index (χ1n) is 5.49. The Hall–Kier alpha value is -1.48. The minimum Gasteiger partial charge on any atom is -0.391 e. The molecule has 0 aromatic heterocycles. The third kappa shape index (κ3) is 4.00. The molecule has 2 unspecified atom stereocenters. The van der Waals surface area contributed by atoms with Crippen LogP contribution < -0.4 is 10.2 Å². The van der Waals surface area contributed by atoms with Gasteiger partial charge in [0.05, 0.1) is 11.0 Å². The van der Waals surface area contributed by atoms with Gasteiger partial charge in [-0.1, -0.05) is 17.7 Å². The quantitative estimate of drug-likeness (QED) is 0.432. The summed E-state index contributed by atoms with van der Waals surface area (Å²) in [7, 11) is -3.96. The van der Waals surface area contributed by atoms with Crippen molar-refractivity contribution in [3.05, 3.63) is 29.8 Å². The Bertz CT molecular complexity index is 539. The molecule has 106 valence electrons. The lowest BCUT2D eigenvalue weighted by Gasteiger charge is -2.19. The van der Waals surface area contributed by atoms with E-state index in [4.69, 9.17) is 5.21 Å². The van der Waals surface area contributed by atoms with Gasteiger partial charge in [-0.25, -0.2) is 13.9 Å². The van der Waals surface area contributed by atoms with Gasteiger partial charge < -0.3 is 5.11 Å². The number of hydrogen-bond donors (Lipinski definition) is 4. The number of benzene rings is 1. The number of rotatable bonds is 5. The van der Waals surface area contributed by atoms with Crippen LogP contribution in [0.4, 0.5) is 0 Å². The molecule has 0 fully saturated rings. The Kier molecular flexibility index (Phi) is 5.01. The Balaban J connectivity index is 3.00. The molecule has 0 bridgehead atoms. The number of sulfonamides is 1. The first-order chi connectivity index (χ1) is 8.77. The maximum Gasteiger partial charge on any atom is 0.264 e. The molecule has 0 saturated carbocycles. The molecule has 19 heavy (non-hydrogen) atoms. The zero-order valence-corrected chi connectivity index (χ0v) is 11.3. The molecular formula is C11H16N2O5S. The van der Waals surface area contributed by atoms with Crippen molar-refractivity contribution in [2.75, 3.05) is 0 Å². The lowest BCUT2D eigenvalue weighted by molar-refractivity contribution is -0.133. The average Bonchev–Trinajstić information content (AvgIpc) is 2.35. The zero-order chi connectivity index (χ0) is 14.6. The summed E-state index contributed by atoms with van der Waals surface area (Å²) in [5.41, 5.74) is 2.19. The zero-order valence-electron chi connectivity index (χ0n) is 10.5. The van der Waals surface area contributed by atoms with Gasteiger partial charge in [0.1, 0.15) is 6.04 Å². The van der Waals surface area contributed by atoms with E-state index in [1.165, 1.54) is 24.5 Å². The number of carbonyl (C=O) groups is 1. The Morgan fingerprint density at radius 3 is 2.21 bits per heavy atom. The van der Waals surface area contributed by atoms with Crippen LogP contribution in [0.1, 0.15) is 12.5 Å². The summed E-state index contributed by atoms with van der Waals surface area (Å²) in [5, 5.41) is 17.9. The van der Waals surface area contributed by atoms with Crippen LogP contribution in [0.2, 0.25) is 0 Å². The molecule has 0 aliphatic heterocycles. The summed E-state index contributed by atoms with van der Waals surface area (Å²) in [6, 6.07) is 4.51. The number of hydroxylamine groups is 1. The van der Waals surface area contributed by atoms with Crippen LogP contribution in [0.3, 0.4) is 0 Å². The number of hydrogen-bond acceptors (Lipinski definition) is 5. The number of nitrogens with one attached hydrogen (secondary N) is 2. The second-order valence-corrected chi connectivity index (χ2v) is 5.84. The topological polar surface area (TPSA) is 116 Å². The fourth-order valence-corrected chi connectivity index (χ4v) is 2.66. The van der Waals surface area contributed by atoms with E-state index in [1.54, 1.807) is 12.1 Å². The lowest BCUT2D eigenvalue weighted by Crippen LogP contribution is -2.51. The highest BCUT2D eigenvalue weighted by atomic mass is 32.2. The molecule has 1 aromatic carbocycles. The van der Waals surface area contributed by atoms with Crippen LogP contribution in [0.5, 0.6) is 0 Å². The largest absolute Gasteiger partial charge is 0.391 e. The van der Waals surface area contributed by atoms with Crippen molar-refractivity contribution >= 4 is 15.9 Å². The van der Waals surface area contributed by atoms with Crippen LogP contribution >= 0.6 is 0 Å². The fourth-order valence-electron chi connectivity index (χ4n) is 1.39. The minimum atomic E-state index is -3.96. The molecule has 2 atom stereocenters. The predicted molar refractivity (Wildman–Crippen MR) is 66.9 cm³/mol. The second-order valence-electron chi connectivity index (χ2n) is 4.13. The van der Waals surface area contributed by atoms with Gasteiger partial charge in [0.15, 0.2) is 0 Å². The van der Waals surface area contributed by atoms with E-state index in [2.05, 4.69) is 0 Å². The first-order valence-corrected chi connectivity index (χ1v) is 6.97. The third-order valence-corrected chi connectivity index (χ3v) is 3.95. The van der Waals surface area contributed by atoms with Crippen molar-refractivity contribution in [2.24, 2.45) is 0 Å². The van der Waals surface area contributed by atoms with E-state index in [0.717, 1.165) is 5.56 Å². The van der Waals surface area contributed by atoms with Gasteiger partial charge in [-0.2, -0.15) is 4.72 Å². The van der Waals surface area contributed by atoms with Crippen LogP contribution in [-0.2, 0) is 14.8 Å². The van der Waals surface area contributed by atoms with E-state index >= 15 is 0 Å². The van der Waals surface area contributed by atoms with Crippen LogP contribution in [0.15, 0.2) is 29.2 Å². The number of aryl methyl sites for hydroxylation is 1. The minimum absolute atomic E-state index is 0.0329. The standard InChI is InChI=1S/C11H16N2O5S/c1-7-3-5-9(6-4-7)19(17,18)13-10(8(2)14)11(15)12-16/h3-6,8,10,13-14,16H,1-2H3,(H,12,15). The van der Waals surface area contributed by atoms with Crippen molar-refractivity contribution < 1.29 is 23.5 Å². The van der Waals surface area contributed by atoms with Gasteiger partial charge >= 0.3 is 0 Å². The second kappa shape index (κ2) is 6.11. The Labute approximate surface area is 111 Å². The third-order valence-electron chi connectivity index (χ3n) is 2.49. The van der Waals surface area contributed by atoms with Gasteiger partial charge in [0.25, 0.3) is 5.91 Å². The summed E-state index contributed by atoms with van der Waals surface area (Å²) in [4.78, 5) is 11.2. The molecule has 4 N–H and O–H groups in total. The molecule has 1 amide bonds. The Morgan fingerprint density at radius 2 is 1.79 bits per heavy atom. The molecule has 0 aliphatic rings. The first kappa shape index (κ1) is 15.6. The normalized spacial score (nSPS) is 14.7. The number of aliphatic hydroxyl groups excluding tert-OH is 1. The molecular weight excluding hydrogens is 272 g/mol. The Morgan fingerprint density at radius 1 is 1.26 bits per heavy atom. The molecule has 0 radical (unpaired) electrons. The van der Waals surface area contributed by atoms with Crippen LogP contribution in [0.25, 0.3) is 0 Å². The maximum atomic E-state index is 12.0. The summed E-state index contributed by atoms with van der Waals surface area (Å²) >= 11 is 0. The molecule has 1 aromatic rings. The van der Waals surface area contributed by atoms with E-state index in [-0.39, 0.29) is 4.90 Å². The van der Waals surface area contributed by atoms with Gasteiger partial charge in [-0.05, 0) is 26.0 Å². The lowest BCUT2D eigenvalue weighted by atomic mass is 10.2. The van der Waals surface area contributed by atoms with Gasteiger partial charge in [0, 0.05) is 0 Å². The van der Waals surface area contributed by atoms with Gasteiger partial charge in [-0.3, -0.25) is 10.0 Å². The summed E-state index contributed by atoms with van der Waals surface area (Å²) in [6.07, 6.45) is -1.30. The smallest absolute Gasteiger partial charge is 0.264 e. The average molecular weight is 288 g/mol. The molecule has 0 heterocycles. The fraction of sp³-hybridized carbons (Fsp3) is 0.364. The molecule has 1 rings (SSSR count). The highest BCUT2D eigenvalue weighted by molar-refractivity contribution is 7.89. The van der Waals surface area contributed by atoms with Crippen molar-refractivity contribution in [2.45, 2.75) is 30.9 Å². The van der Waals surface area contributed by atoms with Crippen molar-refractivity contribution in [1.29, 1.82) is 0 Å². The van der Waals surface area contributed by atoms with Crippen LogP contribution in [-0.4, -0.2) is 36.8 Å². The van der Waals surface area contributed by atoms with E-state index < -0.39 is 28.1 Å². The highest BCUT2D eigenvalue weighted by Gasteiger charge is 2.29. The molecule has 7 nitrogen and oxygen atoms in total. The monoisotopic (exact) mass is 288 g/mol. The van der Waals surface area contributed by atoms with E-state index in [0.29, 0.717) is 0 Å². The number of carbonyl (C=O) groups excluding carboxylic acids is 1. The summed E-state index contributed by atoms with van der Waals surface area (Å²) in [6.45, 7) is 3.04. The van der Waals surface area contributed by atoms with Crippen molar-refractivity contribution in [1.82, 2.24) is 10.2 Å². The van der Waals surface area contributed by atoms with Gasteiger partial charge in [0.2, 0.25) is 10.0 Å². The predicted octanol–water partition coefficient (Wildman–Crippen LogP) is -0.472. The summed E-state index contributed by atoms with van der Waals surface area (Å²) < 4.78 is 26.0. The maximum absolute atomic E-state index is 12.0. The van der Waals surface area contributed by atoms with Crippen LogP contribution in [0, 0.1) is 6.92 Å². The highest BCUT2D eigenvalue weighted by Crippen LogP contribution is 2.11. The molecule has 8 heteroatoms. The number of amides is 1. The van der Waals surface area contributed by atoms with Crippen molar-refractivity contribution in [3.8, 4) is 0 Å². The summed E-state index contributed by atoms with van der Waals surface area (Å²) in [5.74, 6) is -1.04. The van der Waals surface area contributed by atoms with Gasteiger partial charge in [-0.15, -0.1) is 0 Å². The molecule has 0 aliphatic carbocycles.